The van der Waals surface area contributed by atoms with Crippen LogP contribution in [0.25, 0.3) is 0 Å². The van der Waals surface area contributed by atoms with Gasteiger partial charge in [0.25, 0.3) is 0 Å². The SMILES string of the molecule is CCOC(CNC(=O)C[C@@H](CN)CC(C)C)OCC. The first-order valence-corrected chi connectivity index (χ1v) is 7.23. The molecule has 0 aliphatic heterocycles. The lowest BCUT2D eigenvalue weighted by molar-refractivity contribution is -0.140. The standard InChI is InChI=1S/C14H30N2O3/c1-5-18-14(19-6-2)10-16-13(17)8-12(9-15)7-11(3)4/h11-12,14H,5-10,15H2,1-4H3,(H,16,17)/t12-/m0/s1. The highest BCUT2D eigenvalue weighted by Crippen LogP contribution is 2.13. The summed E-state index contributed by atoms with van der Waals surface area (Å²) >= 11 is 0. The number of amides is 1. The van der Waals surface area contributed by atoms with E-state index in [4.69, 9.17) is 15.2 Å². The molecular weight excluding hydrogens is 244 g/mol. The number of rotatable bonds is 11. The molecule has 3 N–H and O–H groups in total. The van der Waals surface area contributed by atoms with Gasteiger partial charge >= 0.3 is 0 Å². The lowest BCUT2D eigenvalue weighted by Gasteiger charge is -2.19. The molecule has 0 heterocycles. The largest absolute Gasteiger partial charge is 0.351 e. The van der Waals surface area contributed by atoms with Crippen molar-refractivity contribution < 1.29 is 14.3 Å². The summed E-state index contributed by atoms with van der Waals surface area (Å²) in [6.07, 6.45) is 1.09. The lowest BCUT2D eigenvalue weighted by atomic mass is 9.94. The molecule has 0 bridgehead atoms. The fourth-order valence-corrected chi connectivity index (χ4v) is 2.00. The monoisotopic (exact) mass is 274 g/mol. The van der Waals surface area contributed by atoms with Crippen molar-refractivity contribution in [2.45, 2.75) is 46.8 Å². The second kappa shape index (κ2) is 11.2. The summed E-state index contributed by atoms with van der Waals surface area (Å²) in [4.78, 5) is 11.8. The zero-order valence-corrected chi connectivity index (χ0v) is 12.8. The van der Waals surface area contributed by atoms with E-state index >= 15 is 0 Å². The summed E-state index contributed by atoms with van der Waals surface area (Å²) in [5.74, 6) is 0.819. The Morgan fingerprint density at radius 1 is 1.21 bits per heavy atom. The molecule has 0 aromatic rings. The highest BCUT2D eigenvalue weighted by atomic mass is 16.7. The zero-order valence-electron chi connectivity index (χ0n) is 12.8. The number of carbonyl (C=O) groups is 1. The number of hydrogen-bond donors (Lipinski definition) is 2. The van der Waals surface area contributed by atoms with Gasteiger partial charge in [0.05, 0.1) is 6.54 Å². The van der Waals surface area contributed by atoms with E-state index in [9.17, 15) is 4.79 Å². The Balaban J connectivity index is 4.00. The molecule has 0 aromatic carbocycles. The lowest BCUT2D eigenvalue weighted by Crippen LogP contribution is -2.37. The Labute approximate surface area is 117 Å². The molecule has 0 aliphatic carbocycles. The van der Waals surface area contributed by atoms with Crippen LogP contribution in [-0.2, 0) is 14.3 Å². The van der Waals surface area contributed by atoms with Gasteiger partial charge in [0.15, 0.2) is 6.29 Å². The first kappa shape index (κ1) is 18.4. The van der Waals surface area contributed by atoms with Crippen molar-refractivity contribution in [3.63, 3.8) is 0 Å². The summed E-state index contributed by atoms with van der Waals surface area (Å²) in [6.45, 7) is 10.2. The number of nitrogens with two attached hydrogens (primary N) is 1. The molecule has 0 saturated carbocycles. The van der Waals surface area contributed by atoms with Crippen LogP contribution in [0.15, 0.2) is 0 Å². The predicted molar refractivity (Wildman–Crippen MR) is 76.7 cm³/mol. The second-order valence-electron chi connectivity index (χ2n) is 5.08. The predicted octanol–water partition coefficient (Wildman–Crippen LogP) is 1.51. The molecule has 5 nitrogen and oxygen atoms in total. The van der Waals surface area contributed by atoms with Gasteiger partial charge < -0.3 is 20.5 Å². The number of ether oxygens (including phenoxy) is 2. The molecule has 0 fully saturated rings. The van der Waals surface area contributed by atoms with Gasteiger partial charge in [-0.25, -0.2) is 0 Å². The third-order valence-electron chi connectivity index (χ3n) is 2.78. The summed E-state index contributed by atoms with van der Waals surface area (Å²) in [5, 5.41) is 2.85. The summed E-state index contributed by atoms with van der Waals surface area (Å²) in [7, 11) is 0. The Bertz CT molecular complexity index is 229. The normalized spacial score (nSPS) is 13.0. The maximum Gasteiger partial charge on any atom is 0.220 e. The topological polar surface area (TPSA) is 73.6 Å². The zero-order chi connectivity index (χ0) is 14.7. The molecule has 0 rings (SSSR count). The smallest absolute Gasteiger partial charge is 0.220 e. The molecule has 1 atom stereocenters. The minimum atomic E-state index is -0.361. The van der Waals surface area contributed by atoms with E-state index in [1.165, 1.54) is 0 Å². The highest BCUT2D eigenvalue weighted by molar-refractivity contribution is 5.76. The molecule has 0 radical (unpaired) electrons. The summed E-state index contributed by atoms with van der Waals surface area (Å²) in [6, 6.07) is 0. The van der Waals surface area contributed by atoms with E-state index in [1.54, 1.807) is 0 Å². The fraction of sp³-hybridized carbons (Fsp3) is 0.929. The van der Waals surface area contributed by atoms with Crippen LogP contribution in [0.5, 0.6) is 0 Å². The molecule has 1 amide bonds. The van der Waals surface area contributed by atoms with Gasteiger partial charge in [0.2, 0.25) is 5.91 Å². The van der Waals surface area contributed by atoms with Gasteiger partial charge in [0, 0.05) is 19.6 Å². The minimum absolute atomic E-state index is 0.0144. The van der Waals surface area contributed by atoms with Gasteiger partial charge in [-0.05, 0) is 38.6 Å². The van der Waals surface area contributed by atoms with Crippen LogP contribution in [0, 0.1) is 11.8 Å². The highest BCUT2D eigenvalue weighted by Gasteiger charge is 2.15. The van der Waals surface area contributed by atoms with Gasteiger partial charge in [-0.15, -0.1) is 0 Å². The van der Waals surface area contributed by atoms with Crippen molar-refractivity contribution in [1.29, 1.82) is 0 Å². The van der Waals surface area contributed by atoms with Crippen molar-refractivity contribution in [1.82, 2.24) is 5.32 Å². The molecule has 0 aliphatic rings. The van der Waals surface area contributed by atoms with Crippen LogP contribution < -0.4 is 11.1 Å². The Morgan fingerprint density at radius 3 is 2.21 bits per heavy atom. The van der Waals surface area contributed by atoms with Crippen LogP contribution in [0.4, 0.5) is 0 Å². The third kappa shape index (κ3) is 9.87. The van der Waals surface area contributed by atoms with Crippen LogP contribution in [0.1, 0.15) is 40.5 Å². The second-order valence-corrected chi connectivity index (χ2v) is 5.08. The van der Waals surface area contributed by atoms with Crippen LogP contribution in [0.3, 0.4) is 0 Å². The van der Waals surface area contributed by atoms with E-state index in [2.05, 4.69) is 19.2 Å². The Hall–Kier alpha value is -0.650. The van der Waals surface area contributed by atoms with Crippen molar-refractivity contribution in [2.75, 3.05) is 26.3 Å². The van der Waals surface area contributed by atoms with E-state index < -0.39 is 0 Å². The summed E-state index contributed by atoms with van der Waals surface area (Å²) < 4.78 is 10.7. The Morgan fingerprint density at radius 2 is 1.79 bits per heavy atom. The maximum atomic E-state index is 11.8. The minimum Gasteiger partial charge on any atom is -0.351 e. The molecular formula is C14H30N2O3. The van der Waals surface area contributed by atoms with Crippen LogP contribution in [0.2, 0.25) is 0 Å². The van der Waals surface area contributed by atoms with Gasteiger partial charge in [-0.1, -0.05) is 13.8 Å². The molecule has 19 heavy (non-hydrogen) atoms. The first-order chi connectivity index (χ1) is 9.03. The van der Waals surface area contributed by atoms with Crippen LogP contribution >= 0.6 is 0 Å². The van der Waals surface area contributed by atoms with E-state index in [0.29, 0.717) is 38.6 Å². The molecule has 0 unspecified atom stereocenters. The molecule has 0 spiro atoms. The van der Waals surface area contributed by atoms with Gasteiger partial charge in [-0.2, -0.15) is 0 Å². The van der Waals surface area contributed by atoms with E-state index in [1.807, 2.05) is 13.8 Å². The van der Waals surface area contributed by atoms with Crippen molar-refractivity contribution >= 4 is 5.91 Å². The van der Waals surface area contributed by atoms with Gasteiger partial charge in [-0.3, -0.25) is 4.79 Å². The quantitative estimate of drug-likeness (QED) is 0.560. The molecule has 0 saturated heterocycles. The molecule has 114 valence electrons. The van der Waals surface area contributed by atoms with Crippen LogP contribution in [-0.4, -0.2) is 38.5 Å². The first-order valence-electron chi connectivity index (χ1n) is 7.23. The fourth-order valence-electron chi connectivity index (χ4n) is 2.00. The van der Waals surface area contributed by atoms with Crippen molar-refractivity contribution in [3.8, 4) is 0 Å². The molecule has 0 aromatic heterocycles. The maximum absolute atomic E-state index is 11.8. The Kier molecular flexibility index (Phi) is 10.8. The summed E-state index contributed by atoms with van der Waals surface area (Å²) in [5.41, 5.74) is 5.69. The number of hydrogen-bond acceptors (Lipinski definition) is 4. The van der Waals surface area contributed by atoms with Crippen molar-refractivity contribution in [2.24, 2.45) is 17.6 Å². The van der Waals surface area contributed by atoms with Crippen molar-refractivity contribution in [3.05, 3.63) is 0 Å². The average Bonchev–Trinajstić information content (AvgIpc) is 2.35. The third-order valence-corrected chi connectivity index (χ3v) is 2.78. The van der Waals surface area contributed by atoms with Gasteiger partial charge in [0.1, 0.15) is 0 Å². The number of carbonyl (C=O) groups excluding carboxylic acids is 1. The number of nitrogens with one attached hydrogen (secondary N) is 1. The van der Waals surface area contributed by atoms with E-state index in [-0.39, 0.29) is 18.1 Å². The average molecular weight is 274 g/mol. The molecule has 5 heteroatoms. The van der Waals surface area contributed by atoms with E-state index in [0.717, 1.165) is 6.42 Å².